The molecule has 8 atom stereocenters. The van der Waals surface area contributed by atoms with Gasteiger partial charge in [-0.15, -0.1) is 0 Å². The van der Waals surface area contributed by atoms with Crippen LogP contribution in [0.15, 0.2) is 0 Å². The molecule has 5 rings (SSSR count). The zero-order valence-electron chi connectivity index (χ0n) is 16.2. The van der Waals surface area contributed by atoms with Gasteiger partial charge in [0, 0.05) is 19.6 Å². The maximum atomic E-state index is 13.0. The highest BCUT2D eigenvalue weighted by Crippen LogP contribution is 2.68. The number of rotatable bonds is 6. The third-order valence-electron chi connectivity index (χ3n) is 8.28. The fourth-order valence-corrected chi connectivity index (χ4v) is 8.14. The van der Waals surface area contributed by atoms with Crippen LogP contribution in [-0.4, -0.2) is 68.5 Å². The predicted molar refractivity (Wildman–Crippen MR) is 99.2 cm³/mol. The molecular weight excluding hydrogens is 382 g/mol. The lowest BCUT2D eigenvalue weighted by Gasteiger charge is -2.38. The lowest BCUT2D eigenvalue weighted by atomic mass is 9.67. The molecular formula is C20H30NO6S-. The van der Waals surface area contributed by atoms with Crippen LogP contribution in [0.1, 0.15) is 32.1 Å². The van der Waals surface area contributed by atoms with Crippen molar-refractivity contribution in [3.8, 4) is 0 Å². The minimum atomic E-state index is -4.46. The summed E-state index contributed by atoms with van der Waals surface area (Å²) in [6.07, 6.45) is 5.16. The number of carbonyl (C=O) groups is 1. The minimum absolute atomic E-state index is 0.104. The number of nitrogens with zero attached hydrogens (tertiary/aromatic N) is 1. The molecule has 1 saturated heterocycles. The Hall–Kier alpha value is -0.700. The molecule has 5 aliphatic rings. The van der Waals surface area contributed by atoms with E-state index in [1.54, 1.807) is 0 Å². The van der Waals surface area contributed by atoms with Gasteiger partial charge < -0.3 is 14.0 Å². The quantitative estimate of drug-likeness (QED) is 0.366. The van der Waals surface area contributed by atoms with E-state index in [-0.39, 0.29) is 18.4 Å². The van der Waals surface area contributed by atoms with E-state index in [2.05, 4.69) is 0 Å². The van der Waals surface area contributed by atoms with E-state index in [0.717, 1.165) is 30.6 Å². The molecule has 8 unspecified atom stereocenters. The third-order valence-corrected chi connectivity index (χ3v) is 9.06. The smallest absolute Gasteiger partial charge is 0.309 e. The molecule has 1 aliphatic heterocycles. The molecule has 4 saturated carbocycles. The van der Waals surface area contributed by atoms with Crippen LogP contribution in [0, 0.1) is 41.4 Å². The van der Waals surface area contributed by atoms with E-state index in [1.165, 1.54) is 19.3 Å². The van der Waals surface area contributed by atoms with E-state index in [1.807, 2.05) is 4.90 Å². The second-order valence-corrected chi connectivity index (χ2v) is 11.1. The molecule has 28 heavy (non-hydrogen) atoms. The molecule has 0 radical (unpaired) electrons. The second-order valence-electron chi connectivity index (χ2n) is 9.69. The summed E-state index contributed by atoms with van der Waals surface area (Å²) >= 11 is 0. The van der Waals surface area contributed by atoms with Gasteiger partial charge in [-0.25, -0.2) is 8.42 Å². The Kier molecular flexibility index (Phi) is 4.97. The van der Waals surface area contributed by atoms with Crippen molar-refractivity contribution in [2.45, 2.75) is 38.2 Å². The monoisotopic (exact) mass is 412 g/mol. The van der Waals surface area contributed by atoms with Gasteiger partial charge >= 0.3 is 5.97 Å². The zero-order chi connectivity index (χ0) is 19.5. The summed E-state index contributed by atoms with van der Waals surface area (Å²) in [6.45, 7) is 2.75. The topological polar surface area (TPSA) is 96.0 Å². The van der Waals surface area contributed by atoms with E-state index >= 15 is 0 Å². The van der Waals surface area contributed by atoms with Gasteiger partial charge in [0.15, 0.2) is 0 Å². The van der Waals surface area contributed by atoms with Gasteiger partial charge in [-0.1, -0.05) is 0 Å². The molecule has 0 spiro atoms. The third kappa shape index (κ3) is 3.50. The molecule has 0 aromatic heterocycles. The normalized spacial score (nSPS) is 43.2. The first-order valence-corrected chi connectivity index (χ1v) is 12.4. The zero-order valence-corrected chi connectivity index (χ0v) is 17.0. The number of esters is 1. The molecule has 1 heterocycles. The van der Waals surface area contributed by atoms with E-state index in [9.17, 15) is 17.8 Å². The summed E-state index contributed by atoms with van der Waals surface area (Å²) in [5.74, 6) is 3.19. The predicted octanol–water partition coefficient (Wildman–Crippen LogP) is 1.09. The minimum Gasteiger partial charge on any atom is -0.748 e. The summed E-state index contributed by atoms with van der Waals surface area (Å²) < 4.78 is 45.1. The van der Waals surface area contributed by atoms with Crippen molar-refractivity contribution in [1.29, 1.82) is 0 Å². The van der Waals surface area contributed by atoms with Crippen molar-refractivity contribution < 1.29 is 27.2 Å². The molecule has 158 valence electrons. The Morgan fingerprint density at radius 1 is 1.07 bits per heavy atom. The van der Waals surface area contributed by atoms with Crippen LogP contribution in [-0.2, 0) is 24.4 Å². The maximum Gasteiger partial charge on any atom is 0.309 e. The lowest BCUT2D eigenvalue weighted by Crippen LogP contribution is -2.45. The highest BCUT2D eigenvalue weighted by Gasteiger charge is 2.63. The highest BCUT2D eigenvalue weighted by molar-refractivity contribution is 7.85. The molecule has 4 aliphatic carbocycles. The maximum absolute atomic E-state index is 13.0. The fourth-order valence-electron chi connectivity index (χ4n) is 7.51. The van der Waals surface area contributed by atoms with Crippen molar-refractivity contribution in [2.24, 2.45) is 41.4 Å². The molecule has 8 heteroatoms. The van der Waals surface area contributed by atoms with Gasteiger partial charge in [0.05, 0.1) is 35.0 Å². The molecule has 5 fully saturated rings. The van der Waals surface area contributed by atoms with Crippen LogP contribution in [0.2, 0.25) is 0 Å². The molecule has 0 amide bonds. The Bertz CT molecular complexity index is 720. The summed E-state index contributed by atoms with van der Waals surface area (Å²) in [6, 6.07) is 0. The first kappa shape index (κ1) is 19.3. The average molecular weight is 413 g/mol. The second kappa shape index (κ2) is 7.22. The van der Waals surface area contributed by atoms with Gasteiger partial charge in [-0.05, 0) is 67.6 Å². The summed E-state index contributed by atoms with van der Waals surface area (Å²) in [5, 5.41) is 0. The highest BCUT2D eigenvalue weighted by atomic mass is 32.2. The number of morpholine rings is 1. The molecule has 0 aromatic carbocycles. The SMILES string of the molecule is O=C(OC(CN1CCOCC1)CS(=O)(=O)[O-])C1CC2CC1C1C3CCC(C3)C21. The number of ether oxygens (including phenoxy) is 2. The van der Waals surface area contributed by atoms with E-state index < -0.39 is 22.0 Å². The van der Waals surface area contributed by atoms with Crippen LogP contribution in [0.3, 0.4) is 0 Å². The fraction of sp³-hybridized carbons (Fsp3) is 0.950. The largest absolute Gasteiger partial charge is 0.748 e. The van der Waals surface area contributed by atoms with Crippen LogP contribution in [0.4, 0.5) is 0 Å². The van der Waals surface area contributed by atoms with Gasteiger partial charge in [0.1, 0.15) is 6.10 Å². The van der Waals surface area contributed by atoms with Gasteiger partial charge in [0.25, 0.3) is 0 Å². The molecule has 0 aromatic rings. The van der Waals surface area contributed by atoms with Crippen molar-refractivity contribution in [2.75, 3.05) is 38.6 Å². The van der Waals surface area contributed by atoms with Crippen molar-refractivity contribution >= 4 is 16.1 Å². The van der Waals surface area contributed by atoms with Crippen molar-refractivity contribution in [3.05, 3.63) is 0 Å². The first-order valence-electron chi connectivity index (χ1n) is 10.8. The van der Waals surface area contributed by atoms with E-state index in [0.29, 0.717) is 44.1 Å². The molecule has 4 bridgehead atoms. The standard InChI is InChI=1S/C20H31NO6S/c22-20(27-15(11-28(23,24)25)10-21-3-5-26-6-4-21)17-9-14-8-16(17)19-13-2-1-12(7-13)18(14)19/h12-19H,1-11H2,(H,23,24,25)/p-1. The Labute approximate surface area is 166 Å². The Balaban J connectivity index is 1.25. The van der Waals surface area contributed by atoms with Crippen LogP contribution >= 0.6 is 0 Å². The first-order chi connectivity index (χ1) is 13.4. The summed E-state index contributed by atoms with van der Waals surface area (Å²) in [5.41, 5.74) is 0. The van der Waals surface area contributed by atoms with Crippen LogP contribution in [0.5, 0.6) is 0 Å². The molecule has 7 nitrogen and oxygen atoms in total. The molecule has 0 N–H and O–H groups in total. The van der Waals surface area contributed by atoms with Gasteiger partial charge in [-0.2, -0.15) is 0 Å². The summed E-state index contributed by atoms with van der Waals surface area (Å²) in [7, 11) is -4.46. The average Bonchev–Trinajstić information content (AvgIpc) is 3.40. The number of hydrogen-bond acceptors (Lipinski definition) is 7. The van der Waals surface area contributed by atoms with Crippen molar-refractivity contribution in [1.82, 2.24) is 4.90 Å². The Morgan fingerprint density at radius 2 is 1.79 bits per heavy atom. The summed E-state index contributed by atoms with van der Waals surface area (Å²) in [4.78, 5) is 15.0. The number of fused-ring (bicyclic) bond motifs is 9. The van der Waals surface area contributed by atoms with Gasteiger partial charge in [-0.3, -0.25) is 9.69 Å². The number of hydrogen-bond donors (Lipinski definition) is 0. The Morgan fingerprint density at radius 3 is 2.50 bits per heavy atom. The van der Waals surface area contributed by atoms with Gasteiger partial charge in [0.2, 0.25) is 0 Å². The van der Waals surface area contributed by atoms with Crippen LogP contribution < -0.4 is 0 Å². The van der Waals surface area contributed by atoms with Crippen molar-refractivity contribution in [3.63, 3.8) is 0 Å². The van der Waals surface area contributed by atoms with Crippen LogP contribution in [0.25, 0.3) is 0 Å². The van der Waals surface area contributed by atoms with E-state index in [4.69, 9.17) is 9.47 Å². The number of carbonyl (C=O) groups excluding carboxylic acids is 1. The lowest BCUT2D eigenvalue weighted by molar-refractivity contribution is -0.158.